The van der Waals surface area contributed by atoms with Crippen molar-refractivity contribution in [1.82, 2.24) is 0 Å². The number of methoxy groups -OCH3 is 1. The standard InChI is InChI=1S/C17H20O3/c1-3-14-8-10-15(11-9-14)19-12-13-20-17-7-5-4-6-16(17)18-2/h4-11H,3,12-13H2,1-2H3. The average molecular weight is 272 g/mol. The maximum atomic E-state index is 5.64. The van der Waals surface area contributed by atoms with E-state index in [1.54, 1.807) is 7.11 Å². The first-order valence-electron chi connectivity index (χ1n) is 6.81. The second-order valence-electron chi connectivity index (χ2n) is 4.35. The van der Waals surface area contributed by atoms with Crippen molar-refractivity contribution in [3.8, 4) is 17.2 Å². The molecule has 0 N–H and O–H groups in total. The van der Waals surface area contributed by atoms with Crippen LogP contribution < -0.4 is 14.2 Å². The Morgan fingerprint density at radius 1 is 0.800 bits per heavy atom. The summed E-state index contributed by atoms with van der Waals surface area (Å²) >= 11 is 0. The lowest BCUT2D eigenvalue weighted by Crippen LogP contribution is -2.09. The van der Waals surface area contributed by atoms with Crippen molar-refractivity contribution in [1.29, 1.82) is 0 Å². The molecule has 106 valence electrons. The maximum absolute atomic E-state index is 5.64. The maximum Gasteiger partial charge on any atom is 0.161 e. The second kappa shape index (κ2) is 7.43. The van der Waals surface area contributed by atoms with Crippen LogP contribution >= 0.6 is 0 Å². The van der Waals surface area contributed by atoms with E-state index in [-0.39, 0.29) is 0 Å². The van der Waals surface area contributed by atoms with Gasteiger partial charge in [-0.2, -0.15) is 0 Å². The lowest BCUT2D eigenvalue weighted by Gasteiger charge is -2.11. The number of hydrogen-bond acceptors (Lipinski definition) is 3. The molecule has 3 nitrogen and oxygen atoms in total. The van der Waals surface area contributed by atoms with Gasteiger partial charge in [0.15, 0.2) is 11.5 Å². The quantitative estimate of drug-likeness (QED) is 0.719. The molecule has 0 bridgehead atoms. The van der Waals surface area contributed by atoms with Crippen LogP contribution in [0.1, 0.15) is 12.5 Å². The molecule has 2 aromatic carbocycles. The molecule has 2 aromatic rings. The highest BCUT2D eigenvalue weighted by atomic mass is 16.5. The van der Waals surface area contributed by atoms with Crippen LogP contribution in [0.15, 0.2) is 48.5 Å². The van der Waals surface area contributed by atoms with Gasteiger partial charge in [0.1, 0.15) is 19.0 Å². The van der Waals surface area contributed by atoms with Gasteiger partial charge in [0, 0.05) is 0 Å². The lowest BCUT2D eigenvalue weighted by molar-refractivity contribution is 0.211. The number of aryl methyl sites for hydroxylation is 1. The van der Waals surface area contributed by atoms with Crippen LogP contribution in [-0.2, 0) is 6.42 Å². The molecule has 0 aromatic heterocycles. The summed E-state index contributed by atoms with van der Waals surface area (Å²) in [4.78, 5) is 0. The van der Waals surface area contributed by atoms with Gasteiger partial charge in [0.2, 0.25) is 0 Å². The van der Waals surface area contributed by atoms with Crippen molar-refractivity contribution in [2.75, 3.05) is 20.3 Å². The van der Waals surface area contributed by atoms with Gasteiger partial charge in [-0.15, -0.1) is 0 Å². The minimum absolute atomic E-state index is 0.482. The van der Waals surface area contributed by atoms with Crippen molar-refractivity contribution >= 4 is 0 Å². The van der Waals surface area contributed by atoms with Crippen molar-refractivity contribution in [2.45, 2.75) is 13.3 Å². The number of para-hydroxylation sites is 2. The van der Waals surface area contributed by atoms with Crippen LogP contribution in [0.3, 0.4) is 0 Å². The number of benzene rings is 2. The highest BCUT2D eigenvalue weighted by molar-refractivity contribution is 5.39. The number of rotatable bonds is 7. The third-order valence-corrected chi connectivity index (χ3v) is 3.01. The van der Waals surface area contributed by atoms with Gasteiger partial charge in [0.25, 0.3) is 0 Å². The smallest absolute Gasteiger partial charge is 0.161 e. The fourth-order valence-corrected chi connectivity index (χ4v) is 1.87. The van der Waals surface area contributed by atoms with Gasteiger partial charge in [-0.3, -0.25) is 0 Å². The van der Waals surface area contributed by atoms with Gasteiger partial charge in [-0.1, -0.05) is 31.2 Å². The van der Waals surface area contributed by atoms with E-state index in [0.29, 0.717) is 13.2 Å². The summed E-state index contributed by atoms with van der Waals surface area (Å²) in [6.45, 7) is 3.12. The average Bonchev–Trinajstić information content (AvgIpc) is 2.52. The zero-order valence-electron chi connectivity index (χ0n) is 12.0. The van der Waals surface area contributed by atoms with Gasteiger partial charge in [-0.05, 0) is 36.2 Å². The summed E-state index contributed by atoms with van der Waals surface area (Å²) in [5.41, 5.74) is 1.31. The summed E-state index contributed by atoms with van der Waals surface area (Å²) in [7, 11) is 1.63. The third-order valence-electron chi connectivity index (χ3n) is 3.01. The minimum atomic E-state index is 0.482. The fraction of sp³-hybridized carbons (Fsp3) is 0.294. The van der Waals surface area contributed by atoms with Crippen molar-refractivity contribution in [3.05, 3.63) is 54.1 Å². The molecule has 3 heteroatoms. The Morgan fingerprint density at radius 3 is 2.10 bits per heavy atom. The summed E-state index contributed by atoms with van der Waals surface area (Å²) < 4.78 is 16.5. The predicted molar refractivity (Wildman–Crippen MR) is 79.8 cm³/mol. The summed E-state index contributed by atoms with van der Waals surface area (Å²) in [6.07, 6.45) is 1.04. The molecule has 0 saturated heterocycles. The molecule has 0 fully saturated rings. The molecule has 0 unspecified atom stereocenters. The van der Waals surface area contributed by atoms with Crippen LogP contribution in [-0.4, -0.2) is 20.3 Å². The second-order valence-corrected chi connectivity index (χ2v) is 4.35. The normalized spacial score (nSPS) is 10.1. The van der Waals surface area contributed by atoms with Gasteiger partial charge in [0.05, 0.1) is 7.11 Å². The highest BCUT2D eigenvalue weighted by Gasteiger charge is 2.02. The molecule has 0 saturated carbocycles. The van der Waals surface area contributed by atoms with Crippen LogP contribution in [0.2, 0.25) is 0 Å². The molecule has 0 aliphatic heterocycles. The fourth-order valence-electron chi connectivity index (χ4n) is 1.87. The number of hydrogen-bond donors (Lipinski definition) is 0. The van der Waals surface area contributed by atoms with E-state index >= 15 is 0 Å². The van der Waals surface area contributed by atoms with Gasteiger partial charge >= 0.3 is 0 Å². The Hall–Kier alpha value is -2.16. The van der Waals surface area contributed by atoms with Crippen LogP contribution in [0.25, 0.3) is 0 Å². The molecule has 0 aliphatic carbocycles. The molecule has 0 radical (unpaired) electrons. The zero-order chi connectivity index (χ0) is 14.2. The third kappa shape index (κ3) is 3.92. The minimum Gasteiger partial charge on any atom is -0.493 e. The molecule has 0 heterocycles. The molecule has 2 rings (SSSR count). The summed E-state index contributed by atoms with van der Waals surface area (Å²) in [6, 6.07) is 15.7. The number of ether oxygens (including phenoxy) is 3. The molecule has 0 atom stereocenters. The van der Waals surface area contributed by atoms with E-state index in [0.717, 1.165) is 23.7 Å². The first-order chi connectivity index (χ1) is 9.83. The van der Waals surface area contributed by atoms with E-state index in [9.17, 15) is 0 Å². The Balaban J connectivity index is 1.78. The SMILES string of the molecule is CCc1ccc(OCCOc2ccccc2OC)cc1. The Labute approximate surface area is 120 Å². The largest absolute Gasteiger partial charge is 0.493 e. The first kappa shape index (κ1) is 14.3. The van der Waals surface area contributed by atoms with Crippen LogP contribution in [0.4, 0.5) is 0 Å². The van der Waals surface area contributed by atoms with Gasteiger partial charge < -0.3 is 14.2 Å². The zero-order valence-corrected chi connectivity index (χ0v) is 12.0. The highest BCUT2D eigenvalue weighted by Crippen LogP contribution is 2.25. The Bertz CT molecular complexity index is 520. The van der Waals surface area contributed by atoms with Crippen molar-refractivity contribution in [3.63, 3.8) is 0 Å². The van der Waals surface area contributed by atoms with E-state index in [1.165, 1.54) is 5.56 Å². The van der Waals surface area contributed by atoms with Gasteiger partial charge in [-0.25, -0.2) is 0 Å². The predicted octanol–water partition coefficient (Wildman–Crippen LogP) is 3.72. The molecule has 0 amide bonds. The Morgan fingerprint density at radius 2 is 1.45 bits per heavy atom. The molecular weight excluding hydrogens is 252 g/mol. The molecule has 0 aliphatic rings. The lowest BCUT2D eigenvalue weighted by atomic mass is 10.2. The van der Waals surface area contributed by atoms with E-state index < -0.39 is 0 Å². The molecular formula is C17H20O3. The van der Waals surface area contributed by atoms with E-state index in [1.807, 2.05) is 36.4 Å². The summed E-state index contributed by atoms with van der Waals surface area (Å²) in [5, 5.41) is 0. The van der Waals surface area contributed by atoms with E-state index in [2.05, 4.69) is 19.1 Å². The molecule has 20 heavy (non-hydrogen) atoms. The van der Waals surface area contributed by atoms with E-state index in [4.69, 9.17) is 14.2 Å². The van der Waals surface area contributed by atoms with Crippen LogP contribution in [0.5, 0.6) is 17.2 Å². The van der Waals surface area contributed by atoms with Crippen molar-refractivity contribution < 1.29 is 14.2 Å². The monoisotopic (exact) mass is 272 g/mol. The van der Waals surface area contributed by atoms with Crippen molar-refractivity contribution in [2.24, 2.45) is 0 Å². The van der Waals surface area contributed by atoms with Crippen LogP contribution in [0, 0.1) is 0 Å². The first-order valence-corrected chi connectivity index (χ1v) is 6.81. The topological polar surface area (TPSA) is 27.7 Å². The molecule has 0 spiro atoms. The summed E-state index contributed by atoms with van der Waals surface area (Å²) in [5.74, 6) is 2.34. The Kier molecular flexibility index (Phi) is 5.30.